The van der Waals surface area contributed by atoms with Gasteiger partial charge in [0.25, 0.3) is 0 Å². The summed E-state index contributed by atoms with van der Waals surface area (Å²) in [6.45, 7) is 0. The number of aliphatic hydroxyl groups excluding tert-OH is 2. The molecule has 0 unspecified atom stereocenters. The van der Waals surface area contributed by atoms with Crippen LogP contribution in [0.25, 0.3) is 22.1 Å². The number of hydrogen-bond acceptors (Lipinski definition) is 9. The first-order chi connectivity index (χ1) is 15.4. The number of nitrogens with zero attached hydrogens (tertiary/aromatic N) is 5. The van der Waals surface area contributed by atoms with Crippen molar-refractivity contribution in [2.24, 2.45) is 0 Å². The minimum absolute atomic E-state index is 0.152. The zero-order valence-electron chi connectivity index (χ0n) is 16.7. The molecule has 1 aromatic carbocycles. The predicted octanol–water partition coefficient (Wildman–Crippen LogP) is 1.95. The number of nitrogens with two attached hydrogens (primary N) is 1. The number of halogens is 1. The molecule has 0 radical (unpaired) electrons. The van der Waals surface area contributed by atoms with Crippen molar-refractivity contribution in [1.29, 1.82) is 0 Å². The minimum atomic E-state index is -1.15. The quantitative estimate of drug-likeness (QED) is 0.386. The van der Waals surface area contributed by atoms with Crippen molar-refractivity contribution in [3.05, 3.63) is 47.6 Å². The molecule has 2 fully saturated rings. The molecule has 1 saturated heterocycles. The van der Waals surface area contributed by atoms with Gasteiger partial charge in [-0.1, -0.05) is 0 Å². The van der Waals surface area contributed by atoms with Gasteiger partial charge < -0.3 is 25.4 Å². The van der Waals surface area contributed by atoms with Crippen molar-refractivity contribution < 1.29 is 19.7 Å². The van der Waals surface area contributed by atoms with Crippen LogP contribution in [0.3, 0.4) is 0 Å². The van der Waals surface area contributed by atoms with Crippen LogP contribution in [0.1, 0.15) is 19.1 Å². The molecule has 3 atom stereocenters. The SMILES string of the molecule is Nc1ncnc2c1ncn2[C@@H]1O[C@]2(C[C@H](Oc3ccc4cc(Br)cnc4c3)C2)[C@@H](O)[C@H]1O. The molecule has 10 nitrogen and oxygen atoms in total. The van der Waals surface area contributed by atoms with E-state index in [1.807, 2.05) is 24.3 Å². The standard InChI is InChI=1S/C21H19BrN6O4/c22-11-3-10-1-2-12(4-14(10)24-7-11)31-13-5-21(6-13)17(30)16(29)20(32-21)28-9-27-15-18(23)25-8-26-19(15)28/h1-4,7-9,13,16-17,20,29-30H,5-6H2,(H2,23,25,26)/t13-,16-,17+,20-,21-/m1/s1. The van der Waals surface area contributed by atoms with Crippen molar-refractivity contribution in [2.45, 2.75) is 43.0 Å². The number of aliphatic hydroxyl groups is 2. The summed E-state index contributed by atoms with van der Waals surface area (Å²) in [5, 5.41) is 22.5. The van der Waals surface area contributed by atoms with Crippen LogP contribution in [0.15, 0.2) is 47.6 Å². The van der Waals surface area contributed by atoms with E-state index in [9.17, 15) is 10.2 Å². The lowest BCUT2D eigenvalue weighted by Gasteiger charge is -2.45. The molecule has 1 aliphatic heterocycles. The fourth-order valence-electron chi connectivity index (χ4n) is 4.60. The molecule has 1 saturated carbocycles. The number of nitrogen functional groups attached to an aromatic ring is 1. The van der Waals surface area contributed by atoms with Crippen molar-refractivity contribution in [2.75, 3.05) is 5.73 Å². The molecular formula is C21H19BrN6O4. The number of ether oxygens (including phenoxy) is 2. The van der Waals surface area contributed by atoms with Crippen LogP contribution in [0.2, 0.25) is 0 Å². The van der Waals surface area contributed by atoms with Crippen LogP contribution in [0.5, 0.6) is 5.75 Å². The van der Waals surface area contributed by atoms with Crippen molar-refractivity contribution in [1.82, 2.24) is 24.5 Å². The number of fused-ring (bicyclic) bond motifs is 2. The van der Waals surface area contributed by atoms with Crippen LogP contribution in [-0.2, 0) is 4.74 Å². The molecule has 0 bridgehead atoms. The molecule has 3 aromatic heterocycles. The lowest BCUT2D eigenvalue weighted by Crippen LogP contribution is -2.57. The van der Waals surface area contributed by atoms with Gasteiger partial charge in [-0.25, -0.2) is 15.0 Å². The topological polar surface area (TPSA) is 141 Å². The highest BCUT2D eigenvalue weighted by Gasteiger charge is 2.62. The van der Waals surface area contributed by atoms with E-state index in [1.54, 1.807) is 10.8 Å². The van der Waals surface area contributed by atoms with Gasteiger partial charge in [-0.05, 0) is 34.1 Å². The summed E-state index contributed by atoms with van der Waals surface area (Å²) in [5.41, 5.74) is 6.65. The molecule has 2 aliphatic rings. The Morgan fingerprint density at radius 1 is 1.16 bits per heavy atom. The molecule has 4 heterocycles. The number of rotatable bonds is 3. The number of imidazole rings is 1. The second-order valence-corrected chi connectivity index (χ2v) is 9.16. The van der Waals surface area contributed by atoms with E-state index in [1.165, 1.54) is 12.7 Å². The van der Waals surface area contributed by atoms with Gasteiger partial charge in [0, 0.05) is 35.0 Å². The van der Waals surface area contributed by atoms with Crippen molar-refractivity contribution in [3.63, 3.8) is 0 Å². The van der Waals surface area contributed by atoms with Crippen LogP contribution in [0.4, 0.5) is 5.82 Å². The molecule has 32 heavy (non-hydrogen) atoms. The van der Waals surface area contributed by atoms with E-state index in [0.29, 0.717) is 29.8 Å². The second-order valence-electron chi connectivity index (χ2n) is 8.25. The Bertz CT molecular complexity index is 1340. The monoisotopic (exact) mass is 498 g/mol. The van der Waals surface area contributed by atoms with Gasteiger partial charge in [0.15, 0.2) is 17.7 Å². The van der Waals surface area contributed by atoms with Gasteiger partial charge >= 0.3 is 0 Å². The third-order valence-electron chi connectivity index (χ3n) is 6.24. The number of hydrogen-bond donors (Lipinski definition) is 3. The average Bonchev–Trinajstić information content (AvgIpc) is 3.29. The third kappa shape index (κ3) is 2.96. The molecule has 4 aromatic rings. The Balaban J connectivity index is 1.20. The molecule has 164 valence electrons. The van der Waals surface area contributed by atoms with Crippen LogP contribution >= 0.6 is 15.9 Å². The highest BCUT2D eigenvalue weighted by Crippen LogP contribution is 2.50. The summed E-state index contributed by atoms with van der Waals surface area (Å²) in [6, 6.07) is 7.73. The summed E-state index contributed by atoms with van der Waals surface area (Å²) in [6.07, 6.45) is 2.24. The summed E-state index contributed by atoms with van der Waals surface area (Å²) < 4.78 is 14.8. The highest BCUT2D eigenvalue weighted by atomic mass is 79.9. The molecule has 11 heteroatoms. The van der Waals surface area contributed by atoms with Crippen molar-refractivity contribution in [3.8, 4) is 5.75 Å². The fraction of sp³-hybridized carbons (Fsp3) is 0.333. The zero-order chi connectivity index (χ0) is 22.0. The molecular weight excluding hydrogens is 480 g/mol. The fourth-order valence-corrected chi connectivity index (χ4v) is 4.95. The minimum Gasteiger partial charge on any atom is -0.490 e. The van der Waals surface area contributed by atoms with Crippen LogP contribution in [0, 0.1) is 0 Å². The number of anilines is 1. The van der Waals surface area contributed by atoms with E-state index in [-0.39, 0.29) is 11.9 Å². The van der Waals surface area contributed by atoms with Gasteiger partial charge in [0.2, 0.25) is 0 Å². The maximum atomic E-state index is 10.8. The highest BCUT2D eigenvalue weighted by molar-refractivity contribution is 9.10. The van der Waals surface area contributed by atoms with Gasteiger partial charge in [0.1, 0.15) is 41.5 Å². The average molecular weight is 499 g/mol. The smallest absolute Gasteiger partial charge is 0.167 e. The number of pyridine rings is 1. The summed E-state index contributed by atoms with van der Waals surface area (Å²) in [4.78, 5) is 16.8. The van der Waals surface area contributed by atoms with Crippen molar-refractivity contribution >= 4 is 43.8 Å². The summed E-state index contributed by atoms with van der Waals surface area (Å²) >= 11 is 3.42. The molecule has 0 amide bonds. The van der Waals surface area contributed by atoms with E-state index in [0.717, 1.165) is 15.4 Å². The first-order valence-corrected chi connectivity index (χ1v) is 10.9. The van der Waals surface area contributed by atoms with E-state index < -0.39 is 24.0 Å². The molecule has 1 aliphatic carbocycles. The molecule has 6 rings (SSSR count). The molecule has 4 N–H and O–H groups in total. The van der Waals surface area contributed by atoms with E-state index >= 15 is 0 Å². The lowest BCUT2D eigenvalue weighted by atomic mass is 9.73. The Hall–Kier alpha value is -2.86. The Kier molecular flexibility index (Phi) is 4.37. The van der Waals surface area contributed by atoms with Gasteiger partial charge in [-0.15, -0.1) is 0 Å². The molecule has 1 spiro atoms. The van der Waals surface area contributed by atoms with Gasteiger partial charge in [-0.2, -0.15) is 0 Å². The van der Waals surface area contributed by atoms with E-state index in [4.69, 9.17) is 15.2 Å². The normalized spacial score (nSPS) is 29.6. The summed E-state index contributed by atoms with van der Waals surface area (Å²) in [7, 11) is 0. The maximum Gasteiger partial charge on any atom is 0.167 e. The first-order valence-electron chi connectivity index (χ1n) is 10.1. The number of benzene rings is 1. The third-order valence-corrected chi connectivity index (χ3v) is 6.68. The van der Waals surface area contributed by atoms with Gasteiger partial charge in [-0.3, -0.25) is 9.55 Å². The van der Waals surface area contributed by atoms with Gasteiger partial charge in [0.05, 0.1) is 11.8 Å². The zero-order valence-corrected chi connectivity index (χ0v) is 18.3. The second kappa shape index (κ2) is 7.07. The Morgan fingerprint density at radius 3 is 2.84 bits per heavy atom. The maximum absolute atomic E-state index is 10.8. The Labute approximate surface area is 190 Å². The van der Waals surface area contributed by atoms with Crippen LogP contribution in [-0.4, -0.2) is 58.6 Å². The first kappa shape index (κ1) is 19.8. The predicted molar refractivity (Wildman–Crippen MR) is 118 cm³/mol. The number of aromatic nitrogens is 5. The summed E-state index contributed by atoms with van der Waals surface area (Å²) in [5.74, 6) is 0.940. The largest absolute Gasteiger partial charge is 0.490 e. The van der Waals surface area contributed by atoms with Crippen LogP contribution < -0.4 is 10.5 Å². The Morgan fingerprint density at radius 2 is 2.00 bits per heavy atom. The lowest BCUT2D eigenvalue weighted by molar-refractivity contribution is -0.182. The van der Waals surface area contributed by atoms with E-state index in [2.05, 4.69) is 35.9 Å².